The van der Waals surface area contributed by atoms with Gasteiger partial charge in [0.2, 0.25) is 0 Å². The summed E-state index contributed by atoms with van der Waals surface area (Å²) in [7, 11) is -3.53. The van der Waals surface area contributed by atoms with Crippen LogP contribution < -0.4 is 5.56 Å². The number of hydrogen-bond donors (Lipinski definition) is 2. The molecule has 8 nitrogen and oxygen atoms in total. The van der Waals surface area contributed by atoms with Gasteiger partial charge in [-0.15, -0.1) is 0 Å². The smallest absolute Gasteiger partial charge is 0.338 e. The Bertz CT molecular complexity index is 744. The Kier molecular flexibility index (Phi) is 2.93. The van der Waals surface area contributed by atoms with Crippen LogP contribution >= 0.6 is 0 Å². The molecule has 1 aliphatic rings. The molecule has 1 aromatic rings. The van der Waals surface area contributed by atoms with Crippen LogP contribution in [0.25, 0.3) is 0 Å². The van der Waals surface area contributed by atoms with Crippen LogP contribution in [-0.2, 0) is 22.1 Å². The lowest BCUT2D eigenvalue weighted by Crippen LogP contribution is -2.36. The van der Waals surface area contributed by atoms with Crippen LogP contribution in [0.1, 0.15) is 26.4 Å². The zero-order chi connectivity index (χ0) is 14.4. The molecule has 2 rings (SSSR count). The first-order valence-electron chi connectivity index (χ1n) is 5.16. The van der Waals surface area contributed by atoms with Crippen molar-refractivity contribution >= 4 is 21.8 Å². The third-order valence-corrected chi connectivity index (χ3v) is 4.36. The number of rotatable bonds is 2. The Labute approximate surface area is 106 Å². The molecule has 2 heterocycles. The molecule has 2 N–H and O–H groups in total. The van der Waals surface area contributed by atoms with Crippen LogP contribution in [-0.4, -0.2) is 40.9 Å². The predicted molar refractivity (Wildman–Crippen MR) is 62.1 cm³/mol. The molecule has 9 heteroatoms. The average molecular weight is 287 g/mol. The van der Waals surface area contributed by atoms with E-state index in [1.807, 2.05) is 0 Å². The first kappa shape index (κ1) is 13.3. The van der Waals surface area contributed by atoms with Crippen molar-refractivity contribution in [2.24, 2.45) is 0 Å². The molecule has 0 spiro atoms. The molecule has 0 aliphatic carbocycles. The fourth-order valence-electron chi connectivity index (χ4n) is 2.01. The van der Waals surface area contributed by atoms with E-state index in [1.165, 1.54) is 0 Å². The van der Waals surface area contributed by atoms with Crippen LogP contribution in [0.5, 0.6) is 0 Å². The number of nitrogens with zero attached hydrogens (tertiary/aromatic N) is 1. The van der Waals surface area contributed by atoms with Crippen LogP contribution in [0.15, 0.2) is 10.9 Å². The van der Waals surface area contributed by atoms with Gasteiger partial charge in [0.15, 0.2) is 9.84 Å². The second kappa shape index (κ2) is 4.19. The van der Waals surface area contributed by atoms with Gasteiger partial charge in [-0.2, -0.15) is 0 Å². The molecule has 0 radical (unpaired) electrons. The van der Waals surface area contributed by atoms with E-state index in [-0.39, 0.29) is 18.0 Å². The van der Waals surface area contributed by atoms with Crippen molar-refractivity contribution in [2.75, 3.05) is 5.75 Å². The third kappa shape index (κ3) is 2.24. The van der Waals surface area contributed by atoms with Crippen molar-refractivity contribution < 1.29 is 28.2 Å². The number of pyridine rings is 1. The molecule has 0 fully saturated rings. The van der Waals surface area contributed by atoms with Gasteiger partial charge < -0.3 is 14.8 Å². The maximum atomic E-state index is 11.7. The zero-order valence-electron chi connectivity index (χ0n) is 9.49. The van der Waals surface area contributed by atoms with Crippen molar-refractivity contribution in [3.63, 3.8) is 0 Å². The summed E-state index contributed by atoms with van der Waals surface area (Å²) in [6.45, 7) is -0.170. The van der Waals surface area contributed by atoms with E-state index >= 15 is 0 Å². The highest BCUT2D eigenvalue weighted by atomic mass is 32.2. The molecular weight excluding hydrogens is 278 g/mol. The second-order valence-electron chi connectivity index (χ2n) is 4.07. The van der Waals surface area contributed by atoms with Crippen LogP contribution in [0.2, 0.25) is 0 Å². The maximum absolute atomic E-state index is 11.7. The zero-order valence-corrected chi connectivity index (χ0v) is 10.3. The molecule has 19 heavy (non-hydrogen) atoms. The Morgan fingerprint density at radius 1 is 1.21 bits per heavy atom. The minimum atomic E-state index is -3.53. The van der Waals surface area contributed by atoms with E-state index in [2.05, 4.69) is 0 Å². The Morgan fingerprint density at radius 3 is 2.37 bits per heavy atom. The van der Waals surface area contributed by atoms with Gasteiger partial charge in [0.1, 0.15) is 0 Å². The minimum Gasteiger partial charge on any atom is -0.478 e. The first-order chi connectivity index (χ1) is 8.73. The monoisotopic (exact) mass is 287 g/mol. The highest BCUT2D eigenvalue weighted by Gasteiger charge is 2.30. The quantitative estimate of drug-likeness (QED) is 0.726. The first-order valence-corrected chi connectivity index (χ1v) is 6.99. The van der Waals surface area contributed by atoms with Gasteiger partial charge in [0.05, 0.1) is 28.3 Å². The summed E-state index contributed by atoms with van der Waals surface area (Å²) < 4.78 is 24.0. The van der Waals surface area contributed by atoms with Gasteiger partial charge in [0, 0.05) is 12.6 Å². The standard InChI is InChI=1S/C10H9NO7S/c12-7-3-5(9(13)14)8(10(15)16)6-4-19(17,18)2-1-11(6)7/h3H,1-2,4H2,(H,13,14)(H,15,16). The summed E-state index contributed by atoms with van der Waals surface area (Å²) in [5, 5.41) is 18.0. The van der Waals surface area contributed by atoms with E-state index in [0.717, 1.165) is 4.57 Å². The lowest BCUT2D eigenvalue weighted by Gasteiger charge is -2.21. The molecule has 1 aromatic heterocycles. The fraction of sp³-hybridized carbons (Fsp3) is 0.300. The minimum absolute atomic E-state index is 0.170. The van der Waals surface area contributed by atoms with E-state index in [4.69, 9.17) is 10.2 Å². The average Bonchev–Trinajstić information content (AvgIpc) is 2.25. The molecule has 0 bridgehead atoms. The topological polar surface area (TPSA) is 131 Å². The van der Waals surface area contributed by atoms with Crippen LogP contribution in [0.3, 0.4) is 0 Å². The number of carboxylic acid groups (broad SMARTS) is 2. The Hall–Kier alpha value is -2.16. The number of carboxylic acids is 2. The summed E-state index contributed by atoms with van der Waals surface area (Å²) in [4.78, 5) is 33.8. The molecule has 1 aliphatic heterocycles. The molecule has 0 saturated carbocycles. The van der Waals surface area contributed by atoms with Gasteiger partial charge in [-0.05, 0) is 0 Å². The van der Waals surface area contributed by atoms with Crippen molar-refractivity contribution in [3.05, 3.63) is 33.2 Å². The van der Waals surface area contributed by atoms with E-state index in [1.54, 1.807) is 0 Å². The van der Waals surface area contributed by atoms with E-state index < -0.39 is 44.2 Å². The third-order valence-electron chi connectivity index (χ3n) is 2.84. The molecule has 102 valence electrons. The molecular formula is C10H9NO7S. The molecule has 0 amide bonds. The normalized spacial score (nSPS) is 16.6. The number of hydrogen-bond acceptors (Lipinski definition) is 5. The second-order valence-corrected chi connectivity index (χ2v) is 6.26. The summed E-state index contributed by atoms with van der Waals surface area (Å²) in [5.41, 5.74) is -2.33. The summed E-state index contributed by atoms with van der Waals surface area (Å²) in [6, 6.07) is 0.702. The van der Waals surface area contributed by atoms with Gasteiger partial charge in [-0.1, -0.05) is 0 Å². The lowest BCUT2D eigenvalue weighted by atomic mass is 10.1. The van der Waals surface area contributed by atoms with E-state index in [9.17, 15) is 22.8 Å². The van der Waals surface area contributed by atoms with Gasteiger partial charge in [-0.3, -0.25) is 4.79 Å². The molecule has 0 aromatic carbocycles. The van der Waals surface area contributed by atoms with Gasteiger partial charge >= 0.3 is 11.9 Å². The summed E-state index contributed by atoms with van der Waals surface area (Å²) in [5.74, 6) is -4.07. The van der Waals surface area contributed by atoms with E-state index in [0.29, 0.717) is 6.07 Å². The molecule has 0 atom stereocenters. The number of aromatic nitrogens is 1. The number of carbonyl (C=O) groups is 2. The highest BCUT2D eigenvalue weighted by molar-refractivity contribution is 7.90. The largest absolute Gasteiger partial charge is 0.478 e. The van der Waals surface area contributed by atoms with Crippen molar-refractivity contribution in [1.29, 1.82) is 0 Å². The summed E-state index contributed by atoms with van der Waals surface area (Å²) in [6.07, 6.45) is 0. The molecule has 0 unspecified atom stereocenters. The number of fused-ring (bicyclic) bond motifs is 1. The highest BCUT2D eigenvalue weighted by Crippen LogP contribution is 2.20. The predicted octanol–water partition coefficient (Wildman–Crippen LogP) is -0.827. The van der Waals surface area contributed by atoms with Crippen molar-refractivity contribution in [2.45, 2.75) is 12.3 Å². The SMILES string of the molecule is O=C(O)c1cc(=O)n2c(c1C(=O)O)CS(=O)(=O)CC2. The fourth-order valence-corrected chi connectivity index (χ4v) is 3.33. The van der Waals surface area contributed by atoms with Crippen molar-refractivity contribution in [1.82, 2.24) is 4.57 Å². The van der Waals surface area contributed by atoms with Gasteiger partial charge in [0.25, 0.3) is 5.56 Å². The lowest BCUT2D eigenvalue weighted by molar-refractivity contribution is 0.0649. The van der Waals surface area contributed by atoms with Crippen LogP contribution in [0.4, 0.5) is 0 Å². The maximum Gasteiger partial charge on any atom is 0.338 e. The Balaban J connectivity index is 2.87. The van der Waals surface area contributed by atoms with Gasteiger partial charge in [-0.25, -0.2) is 18.0 Å². The summed E-state index contributed by atoms with van der Waals surface area (Å²) >= 11 is 0. The number of sulfone groups is 1. The Morgan fingerprint density at radius 2 is 1.84 bits per heavy atom. The number of aromatic carboxylic acids is 2. The van der Waals surface area contributed by atoms with Crippen molar-refractivity contribution in [3.8, 4) is 0 Å². The molecule has 0 saturated heterocycles. The van der Waals surface area contributed by atoms with Crippen LogP contribution in [0, 0.1) is 0 Å².